The van der Waals surface area contributed by atoms with Crippen LogP contribution >= 0.6 is 22.7 Å². The molecule has 0 aliphatic rings. The number of thiazole rings is 2. The van der Waals surface area contributed by atoms with Crippen molar-refractivity contribution in [2.75, 3.05) is 6.54 Å². The minimum absolute atomic E-state index is 0.817. The molecule has 18 heavy (non-hydrogen) atoms. The Kier molecular flexibility index (Phi) is 3.40. The van der Waals surface area contributed by atoms with Crippen molar-refractivity contribution >= 4 is 27.6 Å². The summed E-state index contributed by atoms with van der Waals surface area (Å²) >= 11 is 3.37. The van der Waals surface area contributed by atoms with Gasteiger partial charge in [-0.3, -0.25) is 4.40 Å². The number of rotatable bonds is 5. The second-order valence-corrected chi connectivity index (χ2v) is 6.04. The van der Waals surface area contributed by atoms with Crippen LogP contribution in [0.3, 0.4) is 0 Å². The molecule has 0 aliphatic heterocycles. The van der Waals surface area contributed by atoms with Gasteiger partial charge in [0.05, 0.1) is 16.4 Å². The molecule has 1 N–H and O–H groups in total. The zero-order valence-corrected chi connectivity index (χ0v) is 11.7. The molecule has 0 unspecified atom stereocenters. The summed E-state index contributed by atoms with van der Waals surface area (Å²) in [5, 5.41) is 8.72. The lowest BCUT2D eigenvalue weighted by Crippen LogP contribution is -2.17. The summed E-state index contributed by atoms with van der Waals surface area (Å²) in [5.74, 6) is 0. The molecule has 0 saturated heterocycles. The van der Waals surface area contributed by atoms with Gasteiger partial charge >= 0.3 is 0 Å². The lowest BCUT2D eigenvalue weighted by atomic mass is 10.3. The minimum atomic E-state index is 0.817. The van der Waals surface area contributed by atoms with Crippen molar-refractivity contribution in [2.45, 2.75) is 19.9 Å². The third kappa shape index (κ3) is 2.60. The maximum atomic E-state index is 4.53. The first-order chi connectivity index (χ1) is 8.81. The van der Waals surface area contributed by atoms with Gasteiger partial charge in [-0.05, 0) is 6.92 Å². The summed E-state index contributed by atoms with van der Waals surface area (Å²) in [5.41, 5.74) is 2.27. The number of hydrogen-bond donors (Lipinski definition) is 1. The maximum Gasteiger partial charge on any atom is 0.193 e. The normalized spacial score (nSPS) is 11.4. The number of nitrogens with zero attached hydrogens (tertiary/aromatic N) is 3. The van der Waals surface area contributed by atoms with Gasteiger partial charge in [0.1, 0.15) is 0 Å². The van der Waals surface area contributed by atoms with Crippen LogP contribution in [0.25, 0.3) is 4.96 Å². The monoisotopic (exact) mass is 278 g/mol. The lowest BCUT2D eigenvalue weighted by molar-refractivity contribution is 0.672. The van der Waals surface area contributed by atoms with Crippen LogP contribution in [-0.2, 0) is 13.0 Å². The molecule has 0 aromatic carbocycles. The number of aryl methyl sites for hydroxylation is 1. The van der Waals surface area contributed by atoms with Crippen molar-refractivity contribution in [3.05, 3.63) is 39.5 Å². The first-order valence-corrected chi connectivity index (χ1v) is 7.60. The van der Waals surface area contributed by atoms with Gasteiger partial charge in [0.25, 0.3) is 0 Å². The fraction of sp³-hybridized carbons (Fsp3) is 0.333. The maximum absolute atomic E-state index is 4.53. The molecule has 0 bridgehead atoms. The van der Waals surface area contributed by atoms with E-state index in [-0.39, 0.29) is 0 Å². The predicted molar refractivity (Wildman–Crippen MR) is 75.3 cm³/mol. The average Bonchev–Trinajstić information content (AvgIpc) is 3.00. The van der Waals surface area contributed by atoms with E-state index in [9.17, 15) is 0 Å². The van der Waals surface area contributed by atoms with E-state index in [4.69, 9.17) is 0 Å². The molecule has 4 nitrogen and oxygen atoms in total. The van der Waals surface area contributed by atoms with Gasteiger partial charge < -0.3 is 5.32 Å². The second-order valence-electron chi connectivity index (χ2n) is 4.11. The van der Waals surface area contributed by atoms with Crippen LogP contribution in [0.2, 0.25) is 0 Å². The van der Waals surface area contributed by atoms with Gasteiger partial charge in [0.2, 0.25) is 0 Å². The largest absolute Gasteiger partial charge is 0.311 e. The fourth-order valence-corrected chi connectivity index (χ4v) is 3.18. The molecular formula is C12H14N4S2. The molecule has 3 aromatic heterocycles. The van der Waals surface area contributed by atoms with Crippen LogP contribution in [-0.4, -0.2) is 20.9 Å². The number of imidazole rings is 1. The van der Waals surface area contributed by atoms with Crippen LogP contribution in [0.4, 0.5) is 0 Å². The van der Waals surface area contributed by atoms with Crippen LogP contribution in [0.1, 0.15) is 16.4 Å². The summed E-state index contributed by atoms with van der Waals surface area (Å²) in [6.07, 6.45) is 5.09. The zero-order valence-electron chi connectivity index (χ0n) is 10.1. The lowest BCUT2D eigenvalue weighted by Gasteiger charge is -2.00. The fourth-order valence-electron chi connectivity index (χ4n) is 1.82. The first-order valence-electron chi connectivity index (χ1n) is 5.84. The molecule has 6 heteroatoms. The van der Waals surface area contributed by atoms with E-state index in [0.29, 0.717) is 0 Å². The molecule has 0 atom stereocenters. The Morgan fingerprint density at radius 2 is 2.22 bits per heavy atom. The van der Waals surface area contributed by atoms with Crippen molar-refractivity contribution in [3.63, 3.8) is 0 Å². The highest BCUT2D eigenvalue weighted by atomic mass is 32.1. The topological polar surface area (TPSA) is 42.2 Å². The molecule has 3 heterocycles. The third-order valence-corrected chi connectivity index (χ3v) is 4.27. The van der Waals surface area contributed by atoms with Crippen LogP contribution < -0.4 is 5.32 Å². The van der Waals surface area contributed by atoms with E-state index in [2.05, 4.69) is 31.3 Å². The molecule has 0 saturated carbocycles. The van der Waals surface area contributed by atoms with Crippen LogP contribution in [0.5, 0.6) is 0 Å². The van der Waals surface area contributed by atoms with Gasteiger partial charge in [-0.25, -0.2) is 9.97 Å². The Labute approximate surface area is 113 Å². The molecule has 0 radical (unpaired) electrons. The van der Waals surface area contributed by atoms with Gasteiger partial charge in [0.15, 0.2) is 4.96 Å². The molecule has 0 amide bonds. The Bertz CT molecular complexity index is 609. The summed E-state index contributed by atoms with van der Waals surface area (Å²) in [4.78, 5) is 10.0. The van der Waals surface area contributed by atoms with Crippen molar-refractivity contribution in [1.29, 1.82) is 0 Å². The summed E-state index contributed by atoms with van der Waals surface area (Å²) in [6, 6.07) is 0. The first kappa shape index (κ1) is 11.8. The van der Waals surface area contributed by atoms with Crippen LogP contribution in [0, 0.1) is 6.92 Å². The Hall–Kier alpha value is -1.24. The highest BCUT2D eigenvalue weighted by Gasteiger charge is 2.02. The zero-order chi connectivity index (χ0) is 12.4. The molecule has 94 valence electrons. The van der Waals surface area contributed by atoms with E-state index in [1.165, 1.54) is 5.69 Å². The van der Waals surface area contributed by atoms with Crippen molar-refractivity contribution in [2.24, 2.45) is 0 Å². The van der Waals surface area contributed by atoms with E-state index in [0.717, 1.165) is 35.2 Å². The van der Waals surface area contributed by atoms with Gasteiger partial charge in [-0.1, -0.05) is 0 Å². The summed E-state index contributed by atoms with van der Waals surface area (Å²) < 4.78 is 2.06. The summed E-state index contributed by atoms with van der Waals surface area (Å²) in [6.45, 7) is 3.80. The Morgan fingerprint density at radius 3 is 3.00 bits per heavy atom. The van der Waals surface area contributed by atoms with E-state index in [1.807, 2.05) is 18.5 Å². The average molecular weight is 278 g/mol. The summed E-state index contributed by atoms with van der Waals surface area (Å²) in [7, 11) is 0. The standard InChI is InChI=1S/C12H14N4S2/c1-9-14-10(8-18-9)2-3-13-6-11-7-16-4-5-17-12(16)15-11/h4-5,7-8,13H,2-3,6H2,1H3. The van der Waals surface area contributed by atoms with Crippen molar-refractivity contribution in [3.8, 4) is 0 Å². The highest BCUT2D eigenvalue weighted by molar-refractivity contribution is 7.15. The van der Waals surface area contributed by atoms with E-state index < -0.39 is 0 Å². The number of aromatic nitrogens is 3. The molecule has 0 spiro atoms. The number of nitrogens with one attached hydrogen (secondary N) is 1. The molecule has 3 rings (SSSR count). The SMILES string of the molecule is Cc1nc(CCNCc2cn3ccsc3n2)cs1. The molecule has 3 aromatic rings. The highest BCUT2D eigenvalue weighted by Crippen LogP contribution is 2.11. The second kappa shape index (κ2) is 5.17. The quantitative estimate of drug-likeness (QED) is 0.729. The van der Waals surface area contributed by atoms with E-state index >= 15 is 0 Å². The molecule has 0 aliphatic carbocycles. The predicted octanol–water partition coefficient (Wildman–Crippen LogP) is 2.49. The number of hydrogen-bond acceptors (Lipinski definition) is 5. The third-order valence-electron chi connectivity index (χ3n) is 2.67. The number of fused-ring (bicyclic) bond motifs is 1. The smallest absolute Gasteiger partial charge is 0.193 e. The van der Waals surface area contributed by atoms with Crippen molar-refractivity contribution in [1.82, 2.24) is 19.7 Å². The molecular weight excluding hydrogens is 264 g/mol. The Balaban J connectivity index is 1.48. The molecule has 0 fully saturated rings. The Morgan fingerprint density at radius 1 is 1.28 bits per heavy atom. The van der Waals surface area contributed by atoms with Crippen molar-refractivity contribution < 1.29 is 0 Å². The minimum Gasteiger partial charge on any atom is -0.311 e. The van der Waals surface area contributed by atoms with Gasteiger partial charge in [-0.15, -0.1) is 22.7 Å². The van der Waals surface area contributed by atoms with Gasteiger partial charge in [0, 0.05) is 42.7 Å². The van der Waals surface area contributed by atoms with Gasteiger partial charge in [-0.2, -0.15) is 0 Å². The van der Waals surface area contributed by atoms with E-state index in [1.54, 1.807) is 22.7 Å². The van der Waals surface area contributed by atoms with Crippen LogP contribution in [0.15, 0.2) is 23.2 Å².